The highest BCUT2D eigenvalue weighted by Gasteiger charge is 2.06. The molecule has 5 nitrogen and oxygen atoms in total. The second-order valence-corrected chi connectivity index (χ2v) is 4.69. The molecule has 21 heavy (non-hydrogen) atoms. The zero-order valence-corrected chi connectivity index (χ0v) is 12.3. The fraction of sp³-hybridized carbons (Fsp3) is 0.312. The molecule has 0 saturated carbocycles. The van der Waals surface area contributed by atoms with Crippen LogP contribution in [0, 0.1) is 0 Å². The van der Waals surface area contributed by atoms with Gasteiger partial charge in [0.25, 0.3) is 0 Å². The van der Waals surface area contributed by atoms with Gasteiger partial charge >= 0.3 is 0 Å². The third-order valence-electron chi connectivity index (χ3n) is 3.21. The van der Waals surface area contributed by atoms with E-state index in [0.29, 0.717) is 24.5 Å². The van der Waals surface area contributed by atoms with Gasteiger partial charge in [0.05, 0.1) is 20.6 Å². The number of amides is 1. The molecule has 1 heterocycles. The van der Waals surface area contributed by atoms with Crippen LogP contribution in [-0.2, 0) is 17.6 Å². The number of H-pyrrole nitrogens is 1. The summed E-state index contributed by atoms with van der Waals surface area (Å²) in [4.78, 5) is 14.7. The van der Waals surface area contributed by atoms with Gasteiger partial charge in [-0.2, -0.15) is 0 Å². The SMILES string of the molecule is COc1ccc(CCNC(=O)Cc2cc[nH]c2)cc1OC. The highest BCUT2D eigenvalue weighted by molar-refractivity contribution is 5.78. The minimum atomic E-state index is 0.0232. The van der Waals surface area contributed by atoms with E-state index in [4.69, 9.17) is 9.47 Å². The van der Waals surface area contributed by atoms with Crippen LogP contribution in [0.3, 0.4) is 0 Å². The monoisotopic (exact) mass is 288 g/mol. The van der Waals surface area contributed by atoms with E-state index in [0.717, 1.165) is 17.5 Å². The molecular formula is C16H20N2O3. The van der Waals surface area contributed by atoms with Crippen molar-refractivity contribution in [1.82, 2.24) is 10.3 Å². The van der Waals surface area contributed by atoms with Crippen molar-refractivity contribution >= 4 is 5.91 Å². The van der Waals surface area contributed by atoms with E-state index in [1.165, 1.54) is 0 Å². The normalized spacial score (nSPS) is 10.2. The van der Waals surface area contributed by atoms with E-state index in [-0.39, 0.29) is 5.91 Å². The van der Waals surface area contributed by atoms with Gasteiger partial charge in [-0.15, -0.1) is 0 Å². The molecule has 112 valence electrons. The molecule has 0 radical (unpaired) electrons. The quantitative estimate of drug-likeness (QED) is 0.818. The van der Waals surface area contributed by atoms with Crippen LogP contribution < -0.4 is 14.8 Å². The minimum Gasteiger partial charge on any atom is -0.493 e. The van der Waals surface area contributed by atoms with Gasteiger partial charge in [0.2, 0.25) is 5.91 Å². The molecule has 0 aliphatic heterocycles. The Hall–Kier alpha value is -2.43. The molecule has 1 aromatic carbocycles. The molecule has 0 unspecified atom stereocenters. The largest absolute Gasteiger partial charge is 0.493 e. The summed E-state index contributed by atoms with van der Waals surface area (Å²) < 4.78 is 10.5. The van der Waals surface area contributed by atoms with Crippen LogP contribution in [0.4, 0.5) is 0 Å². The smallest absolute Gasteiger partial charge is 0.224 e. The molecule has 2 N–H and O–H groups in total. The topological polar surface area (TPSA) is 63.3 Å². The summed E-state index contributed by atoms with van der Waals surface area (Å²) in [5.74, 6) is 1.43. The Bertz CT molecular complexity index is 579. The highest BCUT2D eigenvalue weighted by atomic mass is 16.5. The number of benzene rings is 1. The Balaban J connectivity index is 1.81. The summed E-state index contributed by atoms with van der Waals surface area (Å²) in [5.41, 5.74) is 2.08. The predicted octanol–water partition coefficient (Wildman–Crippen LogP) is 1.93. The van der Waals surface area contributed by atoms with Crippen LogP contribution in [0.15, 0.2) is 36.7 Å². The summed E-state index contributed by atoms with van der Waals surface area (Å²) in [6, 6.07) is 7.67. The Morgan fingerprint density at radius 2 is 1.95 bits per heavy atom. The van der Waals surface area contributed by atoms with Gasteiger partial charge in [-0.25, -0.2) is 0 Å². The lowest BCUT2D eigenvalue weighted by molar-refractivity contribution is -0.120. The van der Waals surface area contributed by atoms with Crippen molar-refractivity contribution < 1.29 is 14.3 Å². The van der Waals surface area contributed by atoms with Crippen molar-refractivity contribution in [2.24, 2.45) is 0 Å². The van der Waals surface area contributed by atoms with Crippen molar-refractivity contribution in [3.8, 4) is 11.5 Å². The van der Waals surface area contributed by atoms with E-state index in [9.17, 15) is 4.79 Å². The summed E-state index contributed by atoms with van der Waals surface area (Å²) >= 11 is 0. The average Bonchev–Trinajstić information content (AvgIpc) is 2.99. The van der Waals surface area contributed by atoms with Gasteiger partial charge < -0.3 is 19.8 Å². The van der Waals surface area contributed by atoms with Crippen molar-refractivity contribution in [2.45, 2.75) is 12.8 Å². The maximum absolute atomic E-state index is 11.8. The van der Waals surface area contributed by atoms with Crippen LogP contribution >= 0.6 is 0 Å². The maximum Gasteiger partial charge on any atom is 0.224 e. The molecule has 0 bridgehead atoms. The first-order valence-electron chi connectivity index (χ1n) is 6.82. The molecule has 2 rings (SSSR count). The zero-order chi connectivity index (χ0) is 15.1. The fourth-order valence-corrected chi connectivity index (χ4v) is 2.10. The minimum absolute atomic E-state index is 0.0232. The molecule has 0 atom stereocenters. The first-order valence-corrected chi connectivity index (χ1v) is 6.82. The highest BCUT2D eigenvalue weighted by Crippen LogP contribution is 2.27. The van der Waals surface area contributed by atoms with Gasteiger partial charge in [0.15, 0.2) is 11.5 Å². The Morgan fingerprint density at radius 3 is 2.62 bits per heavy atom. The van der Waals surface area contributed by atoms with E-state index in [1.54, 1.807) is 14.2 Å². The van der Waals surface area contributed by atoms with Gasteiger partial charge in [0, 0.05) is 18.9 Å². The van der Waals surface area contributed by atoms with Gasteiger partial charge in [0.1, 0.15) is 0 Å². The number of hydrogen-bond acceptors (Lipinski definition) is 3. The number of aromatic nitrogens is 1. The second kappa shape index (κ2) is 7.38. The van der Waals surface area contributed by atoms with E-state index >= 15 is 0 Å². The number of rotatable bonds is 7. The van der Waals surface area contributed by atoms with E-state index < -0.39 is 0 Å². The van der Waals surface area contributed by atoms with Crippen LogP contribution in [-0.4, -0.2) is 31.7 Å². The molecule has 0 aliphatic carbocycles. The molecule has 0 saturated heterocycles. The van der Waals surface area contributed by atoms with Gasteiger partial charge in [-0.1, -0.05) is 6.07 Å². The predicted molar refractivity (Wildman–Crippen MR) is 80.8 cm³/mol. The average molecular weight is 288 g/mol. The number of methoxy groups -OCH3 is 2. The first kappa shape index (κ1) is 15.0. The number of carbonyl (C=O) groups is 1. The molecule has 5 heteroatoms. The van der Waals surface area contributed by atoms with Crippen molar-refractivity contribution in [3.63, 3.8) is 0 Å². The van der Waals surface area contributed by atoms with Gasteiger partial charge in [-0.3, -0.25) is 4.79 Å². The number of ether oxygens (including phenoxy) is 2. The lowest BCUT2D eigenvalue weighted by Crippen LogP contribution is -2.27. The van der Waals surface area contributed by atoms with Crippen LogP contribution in [0.5, 0.6) is 11.5 Å². The van der Waals surface area contributed by atoms with Crippen LogP contribution in [0.25, 0.3) is 0 Å². The molecule has 0 spiro atoms. The third kappa shape index (κ3) is 4.27. The number of carbonyl (C=O) groups excluding carboxylic acids is 1. The molecule has 1 aromatic heterocycles. The lowest BCUT2D eigenvalue weighted by atomic mass is 10.1. The Kier molecular flexibility index (Phi) is 5.26. The van der Waals surface area contributed by atoms with Crippen molar-refractivity contribution in [1.29, 1.82) is 0 Å². The second-order valence-electron chi connectivity index (χ2n) is 4.69. The lowest BCUT2D eigenvalue weighted by Gasteiger charge is -2.10. The van der Waals surface area contributed by atoms with E-state index in [2.05, 4.69) is 10.3 Å². The fourth-order valence-electron chi connectivity index (χ4n) is 2.10. The summed E-state index contributed by atoms with van der Waals surface area (Å²) in [6.45, 7) is 0.596. The summed E-state index contributed by atoms with van der Waals surface area (Å²) in [5, 5.41) is 2.91. The van der Waals surface area contributed by atoms with Crippen LogP contribution in [0.1, 0.15) is 11.1 Å². The molecule has 0 fully saturated rings. The Morgan fingerprint density at radius 1 is 1.14 bits per heavy atom. The molecule has 2 aromatic rings. The van der Waals surface area contributed by atoms with Gasteiger partial charge in [-0.05, 0) is 35.7 Å². The Labute approximate surface area is 124 Å². The number of aromatic amines is 1. The van der Waals surface area contributed by atoms with Crippen molar-refractivity contribution in [3.05, 3.63) is 47.8 Å². The van der Waals surface area contributed by atoms with Crippen molar-refractivity contribution in [2.75, 3.05) is 20.8 Å². The molecule has 0 aliphatic rings. The number of nitrogens with one attached hydrogen (secondary N) is 2. The number of hydrogen-bond donors (Lipinski definition) is 2. The molecule has 1 amide bonds. The van der Waals surface area contributed by atoms with Crippen LogP contribution in [0.2, 0.25) is 0 Å². The van der Waals surface area contributed by atoms with E-state index in [1.807, 2.05) is 36.7 Å². The summed E-state index contributed by atoms with van der Waals surface area (Å²) in [6.07, 6.45) is 4.79. The standard InChI is InChI=1S/C16H20N2O3/c1-20-14-4-3-12(9-15(14)21-2)6-8-18-16(19)10-13-5-7-17-11-13/h3-5,7,9,11,17H,6,8,10H2,1-2H3,(H,18,19). The first-order chi connectivity index (χ1) is 10.2. The maximum atomic E-state index is 11.8. The zero-order valence-electron chi connectivity index (χ0n) is 12.3. The third-order valence-corrected chi connectivity index (χ3v) is 3.21. The summed E-state index contributed by atoms with van der Waals surface area (Å²) in [7, 11) is 3.22. The molecular weight excluding hydrogens is 268 g/mol.